The lowest BCUT2D eigenvalue weighted by molar-refractivity contribution is -0.158. The van der Waals surface area contributed by atoms with Crippen LogP contribution in [0.15, 0.2) is 47.4 Å². The molecule has 2 N–H and O–H groups in total. The zero-order chi connectivity index (χ0) is 30.0. The van der Waals surface area contributed by atoms with Crippen molar-refractivity contribution in [1.82, 2.24) is 14.9 Å². The Morgan fingerprint density at radius 2 is 1.71 bits per heavy atom. The highest BCUT2D eigenvalue weighted by Gasteiger charge is 2.44. The first-order valence-corrected chi connectivity index (χ1v) is 14.6. The summed E-state index contributed by atoms with van der Waals surface area (Å²) in [6.45, 7) is 1.93. The van der Waals surface area contributed by atoms with E-state index in [9.17, 15) is 43.9 Å². The first-order valence-electron chi connectivity index (χ1n) is 13.2. The van der Waals surface area contributed by atoms with E-state index in [0.717, 1.165) is 28.8 Å². The monoisotopic (exact) mass is 609 g/mol. The summed E-state index contributed by atoms with van der Waals surface area (Å²) in [7, 11) is -5.05. The van der Waals surface area contributed by atoms with Crippen molar-refractivity contribution in [2.75, 3.05) is 13.1 Å². The Bertz CT molecular complexity index is 1340. The SMILES string of the molecule is O=C(C[C@H](NS(=O)(=O)c1cccc(C(F)(F)F)c1)C(F)(F)F)N[C@@H]1CCCc2cc(CN3CCC(F)CC3)ccc21. The number of carbonyl (C=O) groups is 1. The third kappa shape index (κ3) is 8.19. The second kappa shape index (κ2) is 12.3. The van der Waals surface area contributed by atoms with Crippen LogP contribution in [-0.2, 0) is 34.0 Å². The number of benzene rings is 2. The smallest absolute Gasteiger partial charge is 0.349 e. The van der Waals surface area contributed by atoms with Crippen LogP contribution in [0.4, 0.5) is 30.7 Å². The third-order valence-electron chi connectivity index (χ3n) is 7.33. The number of halogens is 7. The number of fused-ring (bicyclic) bond motifs is 1. The molecule has 0 saturated carbocycles. The van der Waals surface area contributed by atoms with Gasteiger partial charge in [-0.3, -0.25) is 9.69 Å². The number of carbonyl (C=O) groups excluding carboxylic acids is 1. The zero-order valence-corrected chi connectivity index (χ0v) is 22.7. The van der Waals surface area contributed by atoms with Crippen molar-refractivity contribution in [3.05, 3.63) is 64.7 Å². The van der Waals surface area contributed by atoms with E-state index in [-0.39, 0.29) is 6.07 Å². The number of nitrogens with one attached hydrogen (secondary N) is 2. The maximum Gasteiger partial charge on any atom is 0.416 e. The van der Waals surface area contributed by atoms with Crippen LogP contribution in [0.3, 0.4) is 0 Å². The number of nitrogens with zero attached hydrogens (tertiary/aromatic N) is 1. The topological polar surface area (TPSA) is 78.5 Å². The fourth-order valence-electron chi connectivity index (χ4n) is 5.19. The number of alkyl halides is 7. The molecule has 41 heavy (non-hydrogen) atoms. The molecule has 1 aliphatic carbocycles. The minimum absolute atomic E-state index is 0.228. The van der Waals surface area contributed by atoms with E-state index < -0.39 is 63.4 Å². The molecule has 0 unspecified atom stereocenters. The first-order chi connectivity index (χ1) is 19.1. The lowest BCUT2D eigenvalue weighted by Gasteiger charge is -2.30. The molecule has 0 bridgehead atoms. The summed E-state index contributed by atoms with van der Waals surface area (Å²) in [5.74, 6) is -1.06. The molecule has 0 spiro atoms. The van der Waals surface area contributed by atoms with E-state index >= 15 is 0 Å². The van der Waals surface area contributed by atoms with Gasteiger partial charge in [0.2, 0.25) is 15.9 Å². The molecule has 1 heterocycles. The molecular weight excluding hydrogens is 579 g/mol. The molecule has 2 atom stereocenters. The maximum absolute atomic E-state index is 13.8. The van der Waals surface area contributed by atoms with E-state index in [4.69, 9.17) is 0 Å². The van der Waals surface area contributed by atoms with E-state index in [0.29, 0.717) is 57.8 Å². The van der Waals surface area contributed by atoms with Crippen molar-refractivity contribution in [3.8, 4) is 0 Å². The Hall–Kier alpha value is -2.71. The van der Waals surface area contributed by atoms with Crippen LogP contribution in [0.25, 0.3) is 0 Å². The van der Waals surface area contributed by atoms with Gasteiger partial charge in [0.1, 0.15) is 12.2 Å². The Balaban J connectivity index is 1.43. The lowest BCUT2D eigenvalue weighted by Crippen LogP contribution is -2.48. The Labute approximate surface area is 233 Å². The highest BCUT2D eigenvalue weighted by molar-refractivity contribution is 7.89. The van der Waals surface area contributed by atoms with Crippen molar-refractivity contribution in [2.24, 2.45) is 0 Å². The predicted octanol–water partition coefficient (Wildman–Crippen LogP) is 5.43. The van der Waals surface area contributed by atoms with Gasteiger partial charge in [-0.1, -0.05) is 24.3 Å². The first kappa shape index (κ1) is 31.2. The Kier molecular flexibility index (Phi) is 9.34. The molecule has 1 aliphatic heterocycles. The number of amides is 1. The number of sulfonamides is 1. The summed E-state index contributed by atoms with van der Waals surface area (Å²) in [6.07, 6.45) is -9.37. The second-order valence-corrected chi connectivity index (χ2v) is 12.2. The average Bonchev–Trinajstić information content (AvgIpc) is 2.88. The van der Waals surface area contributed by atoms with Crippen LogP contribution in [0.1, 0.15) is 60.4 Å². The van der Waals surface area contributed by atoms with Crippen molar-refractivity contribution < 1.29 is 43.9 Å². The standard InChI is InChI=1S/C27H30F7N3O3S/c28-20-9-11-37(12-10-20)16-17-7-8-22-18(13-17)3-1-6-23(22)35-25(38)15-24(27(32,33)34)36-41(39,40)21-5-2-4-19(14-21)26(29,30)31/h2,4-5,7-8,13-14,20,23-24,36H,1,3,6,9-12,15-16H2,(H,35,38)/t23-,24+/m1/s1. The van der Waals surface area contributed by atoms with Crippen LogP contribution < -0.4 is 10.0 Å². The minimum Gasteiger partial charge on any atom is -0.349 e. The maximum atomic E-state index is 13.8. The van der Waals surface area contributed by atoms with Crippen molar-refractivity contribution in [1.29, 1.82) is 0 Å². The molecular formula is C27H30F7N3O3S. The quantitative estimate of drug-likeness (QED) is 0.392. The number of hydrogen-bond acceptors (Lipinski definition) is 4. The number of piperidine rings is 1. The van der Waals surface area contributed by atoms with Gasteiger partial charge < -0.3 is 5.32 Å². The molecule has 226 valence electrons. The van der Waals surface area contributed by atoms with E-state index in [1.165, 1.54) is 4.72 Å². The van der Waals surface area contributed by atoms with E-state index in [1.807, 2.05) is 18.2 Å². The van der Waals surface area contributed by atoms with Gasteiger partial charge in [0.05, 0.1) is 22.9 Å². The van der Waals surface area contributed by atoms with Crippen LogP contribution in [0, 0.1) is 0 Å². The molecule has 1 amide bonds. The molecule has 2 aromatic rings. The summed E-state index contributed by atoms with van der Waals surface area (Å²) in [5, 5.41) is 2.56. The van der Waals surface area contributed by atoms with Gasteiger partial charge >= 0.3 is 12.4 Å². The van der Waals surface area contributed by atoms with Crippen molar-refractivity contribution >= 4 is 15.9 Å². The molecule has 1 saturated heterocycles. The van der Waals surface area contributed by atoms with Crippen LogP contribution in [0.2, 0.25) is 0 Å². The van der Waals surface area contributed by atoms with Gasteiger partial charge in [-0.05, 0) is 67.0 Å². The minimum atomic E-state index is -5.19. The molecule has 0 radical (unpaired) electrons. The van der Waals surface area contributed by atoms with Gasteiger partial charge in [-0.15, -0.1) is 0 Å². The van der Waals surface area contributed by atoms with Gasteiger partial charge in [0.15, 0.2) is 0 Å². The average molecular weight is 610 g/mol. The van der Waals surface area contributed by atoms with Crippen molar-refractivity contribution in [2.45, 2.75) is 80.6 Å². The summed E-state index contributed by atoms with van der Waals surface area (Å²) >= 11 is 0. The van der Waals surface area contributed by atoms with E-state index in [2.05, 4.69) is 10.2 Å². The number of rotatable bonds is 8. The normalized spacial score (nSPS) is 19.9. The Morgan fingerprint density at radius 1 is 1.00 bits per heavy atom. The molecule has 14 heteroatoms. The molecule has 4 rings (SSSR count). The van der Waals surface area contributed by atoms with Gasteiger partial charge in [0, 0.05) is 19.6 Å². The van der Waals surface area contributed by atoms with Crippen LogP contribution >= 0.6 is 0 Å². The number of hydrogen-bond donors (Lipinski definition) is 2. The largest absolute Gasteiger partial charge is 0.416 e. The molecule has 0 aromatic heterocycles. The lowest BCUT2D eigenvalue weighted by atomic mass is 9.86. The summed E-state index contributed by atoms with van der Waals surface area (Å²) in [6, 6.07) is 4.54. The Morgan fingerprint density at radius 3 is 2.37 bits per heavy atom. The molecule has 1 fully saturated rings. The van der Waals surface area contributed by atoms with Crippen molar-refractivity contribution in [3.63, 3.8) is 0 Å². The number of aryl methyl sites for hydroxylation is 1. The van der Waals surface area contributed by atoms with Crippen LogP contribution in [-0.4, -0.2) is 50.7 Å². The highest BCUT2D eigenvalue weighted by atomic mass is 32.2. The fraction of sp³-hybridized carbons (Fsp3) is 0.519. The molecule has 6 nitrogen and oxygen atoms in total. The fourth-order valence-corrected chi connectivity index (χ4v) is 6.46. The third-order valence-corrected chi connectivity index (χ3v) is 8.80. The van der Waals surface area contributed by atoms with Gasteiger partial charge in [0.25, 0.3) is 0 Å². The molecule has 2 aliphatic rings. The summed E-state index contributed by atoms with van der Waals surface area (Å²) in [5.41, 5.74) is 1.36. The number of likely N-dealkylation sites (tertiary alicyclic amines) is 1. The molecule has 2 aromatic carbocycles. The van der Waals surface area contributed by atoms with Gasteiger partial charge in [-0.2, -0.15) is 31.1 Å². The summed E-state index contributed by atoms with van der Waals surface area (Å²) in [4.78, 5) is 13.9. The van der Waals surface area contributed by atoms with Gasteiger partial charge in [-0.25, -0.2) is 12.8 Å². The second-order valence-electron chi connectivity index (χ2n) is 10.4. The zero-order valence-electron chi connectivity index (χ0n) is 21.9. The van der Waals surface area contributed by atoms with E-state index in [1.54, 1.807) is 0 Å². The predicted molar refractivity (Wildman–Crippen MR) is 136 cm³/mol. The highest BCUT2D eigenvalue weighted by Crippen LogP contribution is 2.33. The summed E-state index contributed by atoms with van der Waals surface area (Å²) < 4.78 is 120. The van der Waals surface area contributed by atoms with Crippen LogP contribution in [0.5, 0.6) is 0 Å².